The van der Waals surface area contributed by atoms with Gasteiger partial charge >= 0.3 is 0 Å². The average Bonchev–Trinajstić information content (AvgIpc) is 2.58. The first kappa shape index (κ1) is 18.3. The molecule has 2 aromatic carbocycles. The van der Waals surface area contributed by atoms with E-state index in [9.17, 15) is 4.79 Å². The Morgan fingerprint density at radius 2 is 2.00 bits per heavy atom. The van der Waals surface area contributed by atoms with Gasteiger partial charge in [-0.15, -0.1) is 0 Å². The molecule has 1 amide bonds. The van der Waals surface area contributed by atoms with E-state index in [4.69, 9.17) is 22.1 Å². The highest BCUT2D eigenvalue weighted by Crippen LogP contribution is 2.30. The van der Waals surface area contributed by atoms with E-state index in [1.807, 2.05) is 55.5 Å². The highest BCUT2D eigenvalue weighted by molar-refractivity contribution is 6.31. The summed E-state index contributed by atoms with van der Waals surface area (Å²) in [4.78, 5) is 12.3. The van der Waals surface area contributed by atoms with Crippen molar-refractivity contribution in [2.24, 2.45) is 5.73 Å². The first-order chi connectivity index (χ1) is 11.5. The maximum Gasteiger partial charge on any atom is 0.220 e. The number of nitrogens with two attached hydrogens (primary N) is 1. The van der Waals surface area contributed by atoms with Crippen molar-refractivity contribution in [3.05, 3.63) is 64.7 Å². The molecule has 2 aromatic rings. The molecule has 0 aromatic heterocycles. The number of amides is 1. The Morgan fingerprint density at radius 1 is 1.25 bits per heavy atom. The lowest BCUT2D eigenvalue weighted by atomic mass is 9.98. The quantitative estimate of drug-likeness (QED) is 0.803. The first-order valence-corrected chi connectivity index (χ1v) is 8.32. The van der Waals surface area contributed by atoms with Crippen LogP contribution in [-0.2, 0) is 4.79 Å². The number of hydrogen-bond acceptors (Lipinski definition) is 3. The highest BCUT2D eigenvalue weighted by atomic mass is 35.5. The molecule has 4 nitrogen and oxygen atoms in total. The summed E-state index contributed by atoms with van der Waals surface area (Å²) < 4.78 is 5.29. The minimum atomic E-state index is -0.339. The van der Waals surface area contributed by atoms with E-state index in [1.165, 1.54) is 0 Å². The van der Waals surface area contributed by atoms with Crippen molar-refractivity contribution in [3.8, 4) is 5.75 Å². The second kappa shape index (κ2) is 8.71. The lowest BCUT2D eigenvalue weighted by Gasteiger charge is -2.21. The number of benzene rings is 2. The molecule has 0 spiro atoms. The van der Waals surface area contributed by atoms with Gasteiger partial charge < -0.3 is 15.8 Å². The molecule has 0 bridgehead atoms. The predicted molar refractivity (Wildman–Crippen MR) is 97.3 cm³/mol. The Kier molecular flexibility index (Phi) is 6.64. The molecule has 0 aliphatic rings. The average molecular weight is 347 g/mol. The SMILES string of the molecule is COc1cccc(C(NC(=O)CCC(C)N)c2ccccc2Cl)c1. The third-order valence-electron chi connectivity index (χ3n) is 3.78. The van der Waals surface area contributed by atoms with E-state index in [2.05, 4.69) is 5.32 Å². The Balaban J connectivity index is 2.31. The molecular formula is C19H23ClN2O2. The molecular weight excluding hydrogens is 324 g/mol. The minimum absolute atomic E-state index is 0.00803. The predicted octanol–water partition coefficient (Wildman–Crippen LogP) is 3.68. The number of hydrogen-bond donors (Lipinski definition) is 2. The second-order valence-electron chi connectivity index (χ2n) is 5.81. The molecule has 0 aliphatic carbocycles. The van der Waals surface area contributed by atoms with Crippen LogP contribution in [0, 0.1) is 0 Å². The van der Waals surface area contributed by atoms with Crippen molar-refractivity contribution in [2.45, 2.75) is 31.8 Å². The van der Waals surface area contributed by atoms with Gasteiger partial charge in [0.15, 0.2) is 0 Å². The summed E-state index contributed by atoms with van der Waals surface area (Å²) in [6, 6.07) is 14.8. The number of carbonyl (C=O) groups excluding carboxylic acids is 1. The van der Waals surface area contributed by atoms with Gasteiger partial charge in [-0.05, 0) is 42.7 Å². The molecule has 0 saturated heterocycles. The van der Waals surface area contributed by atoms with Gasteiger partial charge in [-0.3, -0.25) is 4.79 Å². The fourth-order valence-corrected chi connectivity index (χ4v) is 2.71. The van der Waals surface area contributed by atoms with Gasteiger partial charge in [-0.2, -0.15) is 0 Å². The van der Waals surface area contributed by atoms with Crippen LogP contribution >= 0.6 is 11.6 Å². The monoisotopic (exact) mass is 346 g/mol. The van der Waals surface area contributed by atoms with Gasteiger partial charge in [-0.1, -0.05) is 41.9 Å². The molecule has 0 saturated carbocycles. The summed E-state index contributed by atoms with van der Waals surface area (Å²) in [6.45, 7) is 1.89. The van der Waals surface area contributed by atoms with Crippen LogP contribution in [0.5, 0.6) is 5.75 Å². The topological polar surface area (TPSA) is 64.3 Å². The fraction of sp³-hybridized carbons (Fsp3) is 0.316. The van der Waals surface area contributed by atoms with Gasteiger partial charge in [0.05, 0.1) is 13.2 Å². The number of halogens is 1. The maximum absolute atomic E-state index is 12.3. The zero-order valence-electron chi connectivity index (χ0n) is 14.0. The molecule has 128 valence electrons. The summed E-state index contributed by atoms with van der Waals surface area (Å²) in [5.41, 5.74) is 7.50. The molecule has 2 atom stereocenters. The van der Waals surface area contributed by atoms with Crippen LogP contribution in [0.1, 0.15) is 36.9 Å². The molecule has 0 fully saturated rings. The summed E-state index contributed by atoms with van der Waals surface area (Å²) >= 11 is 6.35. The van der Waals surface area contributed by atoms with E-state index in [1.54, 1.807) is 7.11 Å². The van der Waals surface area contributed by atoms with Gasteiger partial charge in [0, 0.05) is 17.5 Å². The fourth-order valence-electron chi connectivity index (χ4n) is 2.46. The third-order valence-corrected chi connectivity index (χ3v) is 4.12. The zero-order chi connectivity index (χ0) is 17.5. The molecule has 3 N–H and O–H groups in total. The number of ether oxygens (including phenoxy) is 1. The van der Waals surface area contributed by atoms with E-state index in [0.29, 0.717) is 17.9 Å². The summed E-state index contributed by atoms with van der Waals surface area (Å²) in [5, 5.41) is 3.67. The number of methoxy groups -OCH3 is 1. The van der Waals surface area contributed by atoms with Crippen LogP contribution in [0.3, 0.4) is 0 Å². The van der Waals surface area contributed by atoms with Gasteiger partial charge in [-0.25, -0.2) is 0 Å². The normalized spacial score (nSPS) is 13.2. The smallest absolute Gasteiger partial charge is 0.220 e. The van der Waals surface area contributed by atoms with Gasteiger partial charge in [0.25, 0.3) is 0 Å². The standard InChI is InChI=1S/C19H23ClN2O2/c1-13(21)10-11-18(23)22-19(16-8-3-4-9-17(16)20)14-6-5-7-15(12-14)24-2/h3-9,12-13,19H,10-11,21H2,1-2H3,(H,22,23). The van der Waals surface area contributed by atoms with E-state index in [0.717, 1.165) is 16.9 Å². The summed E-state index contributed by atoms with van der Waals surface area (Å²) in [5.74, 6) is 0.675. The molecule has 2 rings (SSSR count). The van der Waals surface area contributed by atoms with Crippen LogP contribution in [-0.4, -0.2) is 19.1 Å². The van der Waals surface area contributed by atoms with Crippen molar-refractivity contribution in [1.29, 1.82) is 0 Å². The Labute approximate surface area is 148 Å². The van der Waals surface area contributed by atoms with E-state index in [-0.39, 0.29) is 18.0 Å². The first-order valence-electron chi connectivity index (χ1n) is 7.94. The lowest BCUT2D eigenvalue weighted by molar-refractivity contribution is -0.121. The number of nitrogens with one attached hydrogen (secondary N) is 1. The molecule has 24 heavy (non-hydrogen) atoms. The maximum atomic E-state index is 12.3. The highest BCUT2D eigenvalue weighted by Gasteiger charge is 2.19. The van der Waals surface area contributed by atoms with Crippen LogP contribution in [0.2, 0.25) is 5.02 Å². The lowest BCUT2D eigenvalue weighted by Crippen LogP contribution is -2.30. The Morgan fingerprint density at radius 3 is 2.67 bits per heavy atom. The molecule has 0 heterocycles. The summed E-state index contributed by atoms with van der Waals surface area (Å²) in [6.07, 6.45) is 1.02. The van der Waals surface area contributed by atoms with Gasteiger partial charge in [0.2, 0.25) is 5.91 Å². The third kappa shape index (κ3) is 4.98. The molecule has 5 heteroatoms. The zero-order valence-corrected chi connectivity index (χ0v) is 14.7. The van der Waals surface area contributed by atoms with E-state index < -0.39 is 0 Å². The van der Waals surface area contributed by atoms with Crippen molar-refractivity contribution in [1.82, 2.24) is 5.32 Å². The largest absolute Gasteiger partial charge is 0.497 e. The van der Waals surface area contributed by atoms with Crippen molar-refractivity contribution >= 4 is 17.5 Å². The van der Waals surface area contributed by atoms with Crippen LogP contribution in [0.15, 0.2) is 48.5 Å². The molecule has 2 unspecified atom stereocenters. The minimum Gasteiger partial charge on any atom is -0.497 e. The van der Waals surface area contributed by atoms with Crippen LogP contribution < -0.4 is 15.8 Å². The Bertz CT molecular complexity index is 689. The molecule has 0 aliphatic heterocycles. The molecule has 0 radical (unpaired) electrons. The number of rotatable bonds is 7. The van der Waals surface area contributed by atoms with Crippen LogP contribution in [0.4, 0.5) is 0 Å². The second-order valence-corrected chi connectivity index (χ2v) is 6.22. The van der Waals surface area contributed by atoms with Crippen molar-refractivity contribution < 1.29 is 9.53 Å². The summed E-state index contributed by atoms with van der Waals surface area (Å²) in [7, 11) is 1.62. The van der Waals surface area contributed by atoms with Crippen molar-refractivity contribution in [3.63, 3.8) is 0 Å². The van der Waals surface area contributed by atoms with Crippen LogP contribution in [0.25, 0.3) is 0 Å². The van der Waals surface area contributed by atoms with E-state index >= 15 is 0 Å². The Hall–Kier alpha value is -2.04. The van der Waals surface area contributed by atoms with Crippen molar-refractivity contribution in [2.75, 3.05) is 7.11 Å². The number of carbonyl (C=O) groups is 1. The van der Waals surface area contributed by atoms with Gasteiger partial charge in [0.1, 0.15) is 5.75 Å².